The molecule has 0 aliphatic rings. The molecule has 0 saturated carbocycles. The van der Waals surface area contributed by atoms with Crippen molar-refractivity contribution >= 4 is 6.09 Å². The molecule has 0 aliphatic heterocycles. The van der Waals surface area contributed by atoms with Crippen LogP contribution in [0, 0.1) is 0 Å². The summed E-state index contributed by atoms with van der Waals surface area (Å²) in [7, 11) is 0. The topological polar surface area (TPSA) is 81.6 Å². The molecule has 0 heterocycles. The Morgan fingerprint density at radius 3 is 2.09 bits per heavy atom. The van der Waals surface area contributed by atoms with Crippen LogP contribution in [-0.4, -0.2) is 35.0 Å². The van der Waals surface area contributed by atoms with E-state index in [1.807, 2.05) is 60.7 Å². The van der Waals surface area contributed by atoms with Gasteiger partial charge in [-0.2, -0.15) is 0 Å². The quantitative estimate of drug-likeness (QED) is 0.601. The van der Waals surface area contributed by atoms with Crippen molar-refractivity contribution in [3.05, 3.63) is 71.8 Å². The van der Waals surface area contributed by atoms with Crippen LogP contribution < -0.4 is 10.6 Å². The molecule has 122 valence electrons. The van der Waals surface area contributed by atoms with E-state index in [1.165, 1.54) is 0 Å². The van der Waals surface area contributed by atoms with E-state index in [1.54, 1.807) is 0 Å². The Kier molecular flexibility index (Phi) is 6.59. The van der Waals surface area contributed by atoms with E-state index in [-0.39, 0.29) is 0 Å². The van der Waals surface area contributed by atoms with Gasteiger partial charge in [0.2, 0.25) is 0 Å². The van der Waals surface area contributed by atoms with E-state index in [0.29, 0.717) is 19.5 Å². The molecule has 2 atom stereocenters. The molecule has 0 aliphatic carbocycles. The van der Waals surface area contributed by atoms with Crippen molar-refractivity contribution in [3.8, 4) is 0 Å². The second-order valence-electron chi connectivity index (χ2n) is 5.43. The summed E-state index contributed by atoms with van der Waals surface area (Å²) >= 11 is 0. The van der Waals surface area contributed by atoms with Gasteiger partial charge in [0.15, 0.2) is 0 Å². The minimum atomic E-state index is -1.13. The molecule has 0 aromatic heterocycles. The molecule has 23 heavy (non-hydrogen) atoms. The SMILES string of the molecule is O=C(O)N[C@@H](Cc1ccccc1)[C@@H](O)CNCc1ccccc1. The van der Waals surface area contributed by atoms with Crippen molar-refractivity contribution in [2.75, 3.05) is 6.54 Å². The van der Waals surface area contributed by atoms with Crippen molar-refractivity contribution in [2.24, 2.45) is 0 Å². The lowest BCUT2D eigenvalue weighted by molar-refractivity contribution is 0.117. The number of aliphatic hydroxyl groups excluding tert-OH is 1. The number of carbonyl (C=O) groups is 1. The van der Waals surface area contributed by atoms with Crippen LogP contribution in [0.4, 0.5) is 4.79 Å². The van der Waals surface area contributed by atoms with Gasteiger partial charge in [-0.25, -0.2) is 4.79 Å². The Labute approximate surface area is 136 Å². The van der Waals surface area contributed by atoms with Gasteiger partial charge in [0.1, 0.15) is 0 Å². The zero-order chi connectivity index (χ0) is 16.5. The van der Waals surface area contributed by atoms with E-state index >= 15 is 0 Å². The first-order valence-corrected chi connectivity index (χ1v) is 7.61. The first-order valence-electron chi connectivity index (χ1n) is 7.61. The standard InChI is InChI=1S/C18H22N2O3/c21-17(13-19-12-15-9-5-2-6-10-15)16(20-18(22)23)11-14-7-3-1-4-8-14/h1-10,16-17,19-21H,11-13H2,(H,22,23)/t16-,17-/m0/s1. The van der Waals surface area contributed by atoms with Gasteiger partial charge in [-0.3, -0.25) is 0 Å². The highest BCUT2D eigenvalue weighted by Gasteiger charge is 2.21. The fourth-order valence-electron chi connectivity index (χ4n) is 2.41. The molecule has 5 nitrogen and oxygen atoms in total. The molecule has 4 N–H and O–H groups in total. The van der Waals surface area contributed by atoms with Gasteiger partial charge in [-0.15, -0.1) is 0 Å². The maximum Gasteiger partial charge on any atom is 0.404 e. The predicted octanol–water partition coefficient (Wildman–Crippen LogP) is 2.02. The Morgan fingerprint density at radius 2 is 1.52 bits per heavy atom. The Bertz CT molecular complexity index is 590. The maximum atomic E-state index is 11.0. The zero-order valence-corrected chi connectivity index (χ0v) is 12.9. The van der Waals surface area contributed by atoms with Crippen LogP contribution in [0.25, 0.3) is 0 Å². The van der Waals surface area contributed by atoms with Crippen molar-refractivity contribution in [3.63, 3.8) is 0 Å². The minimum Gasteiger partial charge on any atom is -0.465 e. The van der Waals surface area contributed by atoms with Gasteiger partial charge in [-0.1, -0.05) is 60.7 Å². The second-order valence-corrected chi connectivity index (χ2v) is 5.43. The lowest BCUT2D eigenvalue weighted by Gasteiger charge is -2.23. The fraction of sp³-hybridized carbons (Fsp3) is 0.278. The summed E-state index contributed by atoms with van der Waals surface area (Å²) in [5.74, 6) is 0. The van der Waals surface area contributed by atoms with Crippen molar-refractivity contribution < 1.29 is 15.0 Å². The average molecular weight is 314 g/mol. The van der Waals surface area contributed by atoms with Crippen molar-refractivity contribution in [2.45, 2.75) is 25.1 Å². The number of rotatable bonds is 8. The molecule has 2 aromatic rings. The highest BCUT2D eigenvalue weighted by molar-refractivity contribution is 5.65. The number of benzene rings is 2. The number of hydrogen-bond donors (Lipinski definition) is 4. The Hall–Kier alpha value is -2.37. The van der Waals surface area contributed by atoms with Crippen LogP contribution in [-0.2, 0) is 13.0 Å². The molecule has 0 spiro atoms. The molecule has 0 fully saturated rings. The van der Waals surface area contributed by atoms with Crippen molar-refractivity contribution in [1.82, 2.24) is 10.6 Å². The van der Waals surface area contributed by atoms with E-state index in [4.69, 9.17) is 5.11 Å². The highest BCUT2D eigenvalue weighted by Crippen LogP contribution is 2.07. The molecule has 2 rings (SSSR count). The number of carboxylic acid groups (broad SMARTS) is 1. The first-order chi connectivity index (χ1) is 11.1. The molecular formula is C18H22N2O3. The molecule has 0 unspecified atom stereocenters. The second kappa shape index (κ2) is 8.92. The third kappa shape index (κ3) is 6.10. The van der Waals surface area contributed by atoms with E-state index in [0.717, 1.165) is 11.1 Å². The number of aliphatic hydroxyl groups is 1. The zero-order valence-electron chi connectivity index (χ0n) is 12.9. The van der Waals surface area contributed by atoms with Gasteiger partial charge < -0.3 is 20.8 Å². The van der Waals surface area contributed by atoms with Crippen LogP contribution in [0.5, 0.6) is 0 Å². The smallest absolute Gasteiger partial charge is 0.404 e. The third-order valence-electron chi connectivity index (χ3n) is 3.60. The van der Waals surface area contributed by atoms with Crippen molar-refractivity contribution in [1.29, 1.82) is 0 Å². The van der Waals surface area contributed by atoms with Crippen LogP contribution in [0.15, 0.2) is 60.7 Å². The minimum absolute atomic E-state index is 0.312. The van der Waals surface area contributed by atoms with Crippen LogP contribution in [0.3, 0.4) is 0 Å². The lowest BCUT2D eigenvalue weighted by Crippen LogP contribution is -2.48. The lowest BCUT2D eigenvalue weighted by atomic mass is 10.0. The summed E-state index contributed by atoms with van der Waals surface area (Å²) in [6, 6.07) is 18.8. The monoisotopic (exact) mass is 314 g/mol. The number of amides is 1. The summed E-state index contributed by atoms with van der Waals surface area (Å²) in [4.78, 5) is 11.0. The average Bonchev–Trinajstić information content (AvgIpc) is 2.56. The summed E-state index contributed by atoms with van der Waals surface area (Å²) in [6.07, 6.45) is -1.50. The molecule has 1 amide bonds. The van der Waals surface area contributed by atoms with E-state index in [2.05, 4.69) is 10.6 Å². The summed E-state index contributed by atoms with van der Waals surface area (Å²) in [6.45, 7) is 0.940. The predicted molar refractivity (Wildman–Crippen MR) is 89.3 cm³/mol. The maximum absolute atomic E-state index is 11.0. The molecule has 0 saturated heterocycles. The largest absolute Gasteiger partial charge is 0.465 e. The molecule has 0 radical (unpaired) electrons. The Balaban J connectivity index is 1.88. The third-order valence-corrected chi connectivity index (χ3v) is 3.60. The first kappa shape index (κ1) is 17.0. The number of nitrogens with one attached hydrogen (secondary N) is 2. The summed E-state index contributed by atoms with van der Waals surface area (Å²) in [5, 5.41) is 24.8. The molecule has 2 aromatic carbocycles. The molecular weight excluding hydrogens is 292 g/mol. The summed E-state index contributed by atoms with van der Waals surface area (Å²) in [5.41, 5.74) is 2.10. The Morgan fingerprint density at radius 1 is 0.957 bits per heavy atom. The van der Waals surface area contributed by atoms with Gasteiger partial charge in [0.05, 0.1) is 12.1 Å². The van der Waals surface area contributed by atoms with Crippen LogP contribution >= 0.6 is 0 Å². The van der Waals surface area contributed by atoms with Crippen LogP contribution in [0.1, 0.15) is 11.1 Å². The molecule has 5 heteroatoms. The number of hydrogen-bond acceptors (Lipinski definition) is 3. The molecule has 0 bridgehead atoms. The van der Waals surface area contributed by atoms with Gasteiger partial charge in [0, 0.05) is 13.1 Å². The van der Waals surface area contributed by atoms with Gasteiger partial charge >= 0.3 is 6.09 Å². The van der Waals surface area contributed by atoms with Gasteiger partial charge in [-0.05, 0) is 17.5 Å². The van der Waals surface area contributed by atoms with E-state index < -0.39 is 18.2 Å². The van der Waals surface area contributed by atoms with Gasteiger partial charge in [0.25, 0.3) is 0 Å². The summed E-state index contributed by atoms with van der Waals surface area (Å²) < 4.78 is 0. The van der Waals surface area contributed by atoms with E-state index in [9.17, 15) is 9.90 Å². The van der Waals surface area contributed by atoms with Crippen LogP contribution in [0.2, 0.25) is 0 Å². The normalized spacial score (nSPS) is 13.3. The fourth-order valence-corrected chi connectivity index (χ4v) is 2.41. The highest BCUT2D eigenvalue weighted by atomic mass is 16.4.